The topological polar surface area (TPSA) is 39.1 Å². The highest BCUT2D eigenvalue weighted by molar-refractivity contribution is 9.10. The van der Waals surface area contributed by atoms with Crippen LogP contribution in [0.15, 0.2) is 28.9 Å². The van der Waals surface area contributed by atoms with E-state index in [1.807, 2.05) is 13.1 Å². The van der Waals surface area contributed by atoms with Crippen molar-refractivity contribution in [3.8, 4) is 5.69 Å². The SMILES string of the molecule is COCCNc1nc(C)cn1-c1ccc(C)cc1Br. The van der Waals surface area contributed by atoms with E-state index in [0.29, 0.717) is 6.61 Å². The molecule has 102 valence electrons. The Labute approximate surface area is 121 Å². The Bertz CT molecular complexity index is 566. The summed E-state index contributed by atoms with van der Waals surface area (Å²) in [6.07, 6.45) is 2.02. The molecular weight excluding hydrogens is 306 g/mol. The van der Waals surface area contributed by atoms with Gasteiger partial charge in [0, 0.05) is 24.3 Å². The lowest BCUT2D eigenvalue weighted by Crippen LogP contribution is -2.11. The molecule has 0 spiro atoms. The Hall–Kier alpha value is -1.33. The van der Waals surface area contributed by atoms with Crippen LogP contribution in [0.4, 0.5) is 5.95 Å². The van der Waals surface area contributed by atoms with Crippen LogP contribution in [-0.4, -0.2) is 29.8 Å². The van der Waals surface area contributed by atoms with Crippen molar-refractivity contribution < 1.29 is 4.74 Å². The smallest absolute Gasteiger partial charge is 0.207 e. The van der Waals surface area contributed by atoms with E-state index in [9.17, 15) is 0 Å². The number of aromatic nitrogens is 2. The zero-order valence-corrected chi connectivity index (χ0v) is 13.0. The third-order valence-corrected chi connectivity index (χ3v) is 3.41. The van der Waals surface area contributed by atoms with Crippen molar-refractivity contribution in [2.24, 2.45) is 0 Å². The minimum atomic E-state index is 0.654. The third-order valence-electron chi connectivity index (χ3n) is 2.78. The summed E-state index contributed by atoms with van der Waals surface area (Å²) in [6, 6.07) is 6.28. The number of imidazole rings is 1. The van der Waals surface area contributed by atoms with Crippen molar-refractivity contribution in [2.45, 2.75) is 13.8 Å². The van der Waals surface area contributed by atoms with E-state index in [-0.39, 0.29) is 0 Å². The number of nitrogens with one attached hydrogen (secondary N) is 1. The first-order valence-corrected chi connectivity index (χ1v) is 6.96. The van der Waals surface area contributed by atoms with E-state index >= 15 is 0 Å². The number of hydrogen-bond donors (Lipinski definition) is 1. The molecule has 2 aromatic rings. The standard InChI is InChI=1S/C14H18BrN3O/c1-10-4-5-13(12(15)8-10)18-9-11(2)17-14(18)16-6-7-19-3/h4-5,8-9H,6-7H2,1-3H3,(H,16,17). The zero-order valence-electron chi connectivity index (χ0n) is 11.4. The Morgan fingerprint density at radius 2 is 2.16 bits per heavy atom. The van der Waals surface area contributed by atoms with Gasteiger partial charge in [-0.25, -0.2) is 4.98 Å². The molecule has 0 saturated carbocycles. The Morgan fingerprint density at radius 3 is 2.84 bits per heavy atom. The molecule has 1 heterocycles. The second kappa shape index (κ2) is 6.21. The van der Waals surface area contributed by atoms with E-state index in [4.69, 9.17) is 4.74 Å². The number of rotatable bonds is 5. The Morgan fingerprint density at radius 1 is 1.37 bits per heavy atom. The second-order valence-corrected chi connectivity index (χ2v) is 5.30. The zero-order chi connectivity index (χ0) is 13.8. The first-order chi connectivity index (χ1) is 9.11. The van der Waals surface area contributed by atoms with Crippen molar-refractivity contribution in [1.82, 2.24) is 9.55 Å². The quantitative estimate of drug-likeness (QED) is 0.858. The summed E-state index contributed by atoms with van der Waals surface area (Å²) in [5, 5.41) is 3.28. The maximum absolute atomic E-state index is 5.05. The van der Waals surface area contributed by atoms with Crippen LogP contribution >= 0.6 is 15.9 Å². The summed E-state index contributed by atoms with van der Waals surface area (Å²) in [6.45, 7) is 5.45. The number of aryl methyl sites for hydroxylation is 2. The highest BCUT2D eigenvalue weighted by Gasteiger charge is 2.09. The predicted molar refractivity (Wildman–Crippen MR) is 81.1 cm³/mol. The molecule has 4 nitrogen and oxygen atoms in total. The molecule has 1 N–H and O–H groups in total. The monoisotopic (exact) mass is 323 g/mol. The van der Waals surface area contributed by atoms with Crippen LogP contribution in [0.1, 0.15) is 11.3 Å². The van der Waals surface area contributed by atoms with Crippen LogP contribution in [0.3, 0.4) is 0 Å². The molecule has 0 aliphatic heterocycles. The normalized spacial score (nSPS) is 10.7. The summed E-state index contributed by atoms with van der Waals surface area (Å²) >= 11 is 3.61. The van der Waals surface area contributed by atoms with Crippen molar-refractivity contribution in [2.75, 3.05) is 25.6 Å². The van der Waals surface area contributed by atoms with Crippen molar-refractivity contribution in [3.63, 3.8) is 0 Å². The summed E-state index contributed by atoms with van der Waals surface area (Å²) in [5.41, 5.74) is 3.28. The average Bonchev–Trinajstić information content (AvgIpc) is 2.71. The molecular formula is C14H18BrN3O. The van der Waals surface area contributed by atoms with Crippen LogP contribution in [0.2, 0.25) is 0 Å². The molecule has 0 fully saturated rings. The van der Waals surface area contributed by atoms with Crippen molar-refractivity contribution >= 4 is 21.9 Å². The van der Waals surface area contributed by atoms with Crippen LogP contribution in [0, 0.1) is 13.8 Å². The molecule has 0 unspecified atom stereocenters. The molecule has 0 aliphatic rings. The molecule has 0 amide bonds. The van der Waals surface area contributed by atoms with Gasteiger partial charge < -0.3 is 10.1 Å². The fourth-order valence-electron chi connectivity index (χ4n) is 1.88. The Balaban J connectivity index is 2.32. The number of ether oxygens (including phenoxy) is 1. The molecule has 0 saturated heterocycles. The van der Waals surface area contributed by atoms with Gasteiger partial charge in [0.15, 0.2) is 0 Å². The van der Waals surface area contributed by atoms with Crippen LogP contribution < -0.4 is 5.32 Å². The van der Waals surface area contributed by atoms with Crippen LogP contribution in [-0.2, 0) is 4.74 Å². The molecule has 0 bridgehead atoms. The van der Waals surface area contributed by atoms with Crippen molar-refractivity contribution in [3.05, 3.63) is 40.1 Å². The number of anilines is 1. The van der Waals surface area contributed by atoms with E-state index in [1.165, 1.54) is 5.56 Å². The fraction of sp³-hybridized carbons (Fsp3) is 0.357. The van der Waals surface area contributed by atoms with Gasteiger partial charge in [-0.1, -0.05) is 6.07 Å². The van der Waals surface area contributed by atoms with Crippen LogP contribution in [0.5, 0.6) is 0 Å². The Kier molecular flexibility index (Phi) is 4.61. The lowest BCUT2D eigenvalue weighted by molar-refractivity contribution is 0.210. The highest BCUT2D eigenvalue weighted by Crippen LogP contribution is 2.25. The van der Waals surface area contributed by atoms with Gasteiger partial charge in [-0.2, -0.15) is 0 Å². The van der Waals surface area contributed by atoms with E-state index in [0.717, 1.165) is 28.3 Å². The lowest BCUT2D eigenvalue weighted by atomic mass is 10.2. The number of benzene rings is 1. The fourth-order valence-corrected chi connectivity index (χ4v) is 2.56. The number of methoxy groups -OCH3 is 1. The first kappa shape index (κ1) is 14.1. The molecule has 19 heavy (non-hydrogen) atoms. The van der Waals surface area contributed by atoms with E-state index in [2.05, 4.69) is 55.9 Å². The van der Waals surface area contributed by atoms with Gasteiger partial charge in [-0.3, -0.25) is 4.57 Å². The third kappa shape index (κ3) is 3.36. The predicted octanol–water partition coefficient (Wildman–Crippen LogP) is 3.31. The summed E-state index contributed by atoms with van der Waals surface area (Å²) < 4.78 is 8.15. The van der Waals surface area contributed by atoms with Gasteiger partial charge in [-0.05, 0) is 47.5 Å². The molecule has 1 aromatic carbocycles. The highest BCUT2D eigenvalue weighted by atomic mass is 79.9. The minimum Gasteiger partial charge on any atom is -0.383 e. The number of halogens is 1. The van der Waals surface area contributed by atoms with Crippen molar-refractivity contribution in [1.29, 1.82) is 0 Å². The maximum atomic E-state index is 5.05. The summed E-state index contributed by atoms with van der Waals surface area (Å²) in [4.78, 5) is 4.50. The van der Waals surface area contributed by atoms with E-state index < -0.39 is 0 Å². The minimum absolute atomic E-state index is 0.654. The van der Waals surface area contributed by atoms with Crippen LogP contribution in [0.25, 0.3) is 5.69 Å². The molecule has 0 radical (unpaired) electrons. The van der Waals surface area contributed by atoms with E-state index in [1.54, 1.807) is 7.11 Å². The molecule has 5 heteroatoms. The molecule has 0 atom stereocenters. The lowest BCUT2D eigenvalue weighted by Gasteiger charge is -2.11. The molecule has 0 aliphatic carbocycles. The number of nitrogens with zero attached hydrogens (tertiary/aromatic N) is 2. The largest absolute Gasteiger partial charge is 0.383 e. The molecule has 2 rings (SSSR count). The maximum Gasteiger partial charge on any atom is 0.207 e. The van der Waals surface area contributed by atoms with Gasteiger partial charge in [0.2, 0.25) is 5.95 Å². The average molecular weight is 324 g/mol. The summed E-state index contributed by atoms with van der Waals surface area (Å²) in [7, 11) is 1.69. The van der Waals surface area contributed by atoms with Gasteiger partial charge in [0.05, 0.1) is 18.0 Å². The van der Waals surface area contributed by atoms with Gasteiger partial charge in [-0.15, -0.1) is 0 Å². The van der Waals surface area contributed by atoms with Gasteiger partial charge in [0.1, 0.15) is 0 Å². The summed E-state index contributed by atoms with van der Waals surface area (Å²) in [5.74, 6) is 0.833. The van der Waals surface area contributed by atoms with Gasteiger partial charge >= 0.3 is 0 Å². The number of hydrogen-bond acceptors (Lipinski definition) is 3. The second-order valence-electron chi connectivity index (χ2n) is 4.45. The molecule has 1 aromatic heterocycles. The van der Waals surface area contributed by atoms with Gasteiger partial charge in [0.25, 0.3) is 0 Å². The first-order valence-electron chi connectivity index (χ1n) is 6.17.